The van der Waals surface area contributed by atoms with Crippen LogP contribution in [-0.4, -0.2) is 25.0 Å². The van der Waals surface area contributed by atoms with Crippen molar-refractivity contribution in [2.75, 3.05) is 5.32 Å². The molecule has 2 aromatic carbocycles. The quantitative estimate of drug-likeness (QED) is 0.493. The number of nitrogens with one attached hydrogen (secondary N) is 1. The number of ether oxygens (including phenoxy) is 1. The number of hydrogen-bond donors (Lipinski definition) is 1. The van der Waals surface area contributed by atoms with Crippen LogP contribution in [0.15, 0.2) is 67.1 Å². The van der Waals surface area contributed by atoms with Crippen LogP contribution in [0.1, 0.15) is 34.8 Å². The van der Waals surface area contributed by atoms with Crippen molar-refractivity contribution in [2.24, 2.45) is 7.05 Å². The zero-order valence-electron chi connectivity index (χ0n) is 18.0. The van der Waals surface area contributed by atoms with E-state index in [1.807, 2.05) is 42.1 Å². The molecule has 0 spiro atoms. The van der Waals surface area contributed by atoms with E-state index in [-0.39, 0.29) is 5.91 Å². The monoisotopic (exact) mass is 427 g/mol. The Morgan fingerprint density at radius 3 is 2.62 bits per heavy atom. The van der Waals surface area contributed by atoms with E-state index in [1.54, 1.807) is 30.5 Å². The van der Waals surface area contributed by atoms with Crippen molar-refractivity contribution in [3.63, 3.8) is 0 Å². The first kappa shape index (κ1) is 20.1. The third-order valence-electron chi connectivity index (χ3n) is 5.75. The molecule has 0 saturated heterocycles. The zero-order valence-corrected chi connectivity index (χ0v) is 18.0. The number of rotatable bonds is 6. The maximum Gasteiger partial charge on any atom is 0.255 e. The van der Waals surface area contributed by atoms with Crippen LogP contribution in [0.4, 0.5) is 5.69 Å². The van der Waals surface area contributed by atoms with Gasteiger partial charge in [-0.15, -0.1) is 0 Å². The van der Waals surface area contributed by atoms with E-state index in [0.29, 0.717) is 17.9 Å². The van der Waals surface area contributed by atoms with Gasteiger partial charge >= 0.3 is 0 Å². The molecule has 1 N–H and O–H groups in total. The fourth-order valence-electron chi connectivity index (χ4n) is 3.87. The predicted octanol–water partition coefficient (Wildman–Crippen LogP) is 4.45. The Morgan fingerprint density at radius 2 is 1.91 bits per heavy atom. The number of imidazole rings is 2. The molecule has 4 aromatic rings. The largest absolute Gasteiger partial charge is 0.486 e. The van der Waals surface area contributed by atoms with Crippen molar-refractivity contribution in [2.45, 2.75) is 32.4 Å². The van der Waals surface area contributed by atoms with Gasteiger partial charge in [0.25, 0.3) is 5.91 Å². The van der Waals surface area contributed by atoms with E-state index in [9.17, 15) is 4.79 Å². The van der Waals surface area contributed by atoms with Crippen molar-refractivity contribution in [1.29, 1.82) is 0 Å². The van der Waals surface area contributed by atoms with Gasteiger partial charge in [0.15, 0.2) is 0 Å². The number of fused-ring (bicyclic) bond motifs is 1. The molecule has 162 valence electrons. The molecule has 0 fully saturated rings. The number of benzene rings is 2. The second-order valence-corrected chi connectivity index (χ2v) is 7.99. The fraction of sp³-hybridized carbons (Fsp3) is 0.240. The van der Waals surface area contributed by atoms with Crippen LogP contribution in [-0.2, 0) is 26.6 Å². The number of anilines is 1. The number of amides is 1. The molecule has 7 heteroatoms. The van der Waals surface area contributed by atoms with Crippen LogP contribution in [0.25, 0.3) is 11.3 Å². The van der Waals surface area contributed by atoms with E-state index in [4.69, 9.17) is 9.72 Å². The second kappa shape index (κ2) is 8.70. The Kier molecular flexibility index (Phi) is 5.46. The Morgan fingerprint density at radius 1 is 1.09 bits per heavy atom. The number of carbonyl (C=O) groups is 1. The Balaban J connectivity index is 1.20. The molecular formula is C25H25N5O2. The van der Waals surface area contributed by atoms with Gasteiger partial charge in [-0.25, -0.2) is 9.97 Å². The molecule has 0 unspecified atom stereocenters. The highest BCUT2D eigenvalue weighted by Gasteiger charge is 2.13. The summed E-state index contributed by atoms with van der Waals surface area (Å²) >= 11 is 0. The number of aryl methyl sites for hydroxylation is 3. The fourth-order valence-corrected chi connectivity index (χ4v) is 3.87. The van der Waals surface area contributed by atoms with Crippen LogP contribution in [0.2, 0.25) is 0 Å². The minimum absolute atomic E-state index is 0.161. The SMILES string of the molecule is Cn1ccnc1COc1ccc(C(=O)Nc2ccc(-c3cn4c(n3)CCCC4)cc2)cc1. The molecule has 1 aliphatic heterocycles. The zero-order chi connectivity index (χ0) is 21.9. The first-order valence-corrected chi connectivity index (χ1v) is 10.8. The number of aromatic nitrogens is 4. The third kappa shape index (κ3) is 4.27. The summed E-state index contributed by atoms with van der Waals surface area (Å²) in [6.07, 6.45) is 9.20. The summed E-state index contributed by atoms with van der Waals surface area (Å²) in [7, 11) is 1.92. The van der Waals surface area contributed by atoms with Gasteiger partial charge in [0.05, 0.1) is 5.69 Å². The van der Waals surface area contributed by atoms with Crippen molar-refractivity contribution >= 4 is 11.6 Å². The number of hydrogen-bond acceptors (Lipinski definition) is 4. The van der Waals surface area contributed by atoms with Gasteiger partial charge in [0.1, 0.15) is 24.0 Å². The molecule has 1 aliphatic rings. The summed E-state index contributed by atoms with van der Waals surface area (Å²) in [6, 6.07) is 14.9. The van der Waals surface area contributed by atoms with Crippen LogP contribution in [0.3, 0.4) is 0 Å². The summed E-state index contributed by atoms with van der Waals surface area (Å²) in [6.45, 7) is 1.42. The first-order valence-electron chi connectivity index (χ1n) is 10.8. The summed E-state index contributed by atoms with van der Waals surface area (Å²) in [5, 5.41) is 2.95. The smallest absolute Gasteiger partial charge is 0.255 e. The minimum Gasteiger partial charge on any atom is -0.486 e. The first-order chi connectivity index (χ1) is 15.7. The molecule has 7 nitrogen and oxygen atoms in total. The normalized spacial score (nSPS) is 12.9. The molecule has 2 aromatic heterocycles. The number of carbonyl (C=O) groups excluding carboxylic acids is 1. The van der Waals surface area contributed by atoms with Gasteiger partial charge < -0.3 is 19.2 Å². The Hall–Kier alpha value is -3.87. The van der Waals surface area contributed by atoms with E-state index >= 15 is 0 Å². The molecule has 3 heterocycles. The minimum atomic E-state index is -0.161. The number of nitrogens with zero attached hydrogens (tertiary/aromatic N) is 4. The highest BCUT2D eigenvalue weighted by atomic mass is 16.5. The molecule has 0 saturated carbocycles. The summed E-state index contributed by atoms with van der Waals surface area (Å²) in [5.74, 6) is 2.53. The van der Waals surface area contributed by atoms with Gasteiger partial charge in [-0.1, -0.05) is 12.1 Å². The Labute approximate surface area is 186 Å². The molecule has 0 atom stereocenters. The molecule has 0 aliphatic carbocycles. The van der Waals surface area contributed by atoms with E-state index in [1.165, 1.54) is 12.8 Å². The van der Waals surface area contributed by atoms with Crippen LogP contribution in [0.5, 0.6) is 5.75 Å². The molecule has 5 rings (SSSR count). The molecule has 0 bridgehead atoms. The molecule has 0 radical (unpaired) electrons. The van der Waals surface area contributed by atoms with Crippen molar-refractivity contribution < 1.29 is 9.53 Å². The maximum atomic E-state index is 12.6. The van der Waals surface area contributed by atoms with Crippen LogP contribution >= 0.6 is 0 Å². The standard InChI is InChI=1S/C25H25N5O2/c1-29-15-13-26-24(29)17-32-21-11-7-19(8-12-21)25(31)27-20-9-5-18(6-10-20)22-16-30-14-3-2-4-23(30)28-22/h5-13,15-16H,2-4,14,17H2,1H3,(H,27,31). The van der Waals surface area contributed by atoms with Gasteiger partial charge in [-0.2, -0.15) is 0 Å². The van der Waals surface area contributed by atoms with Gasteiger partial charge in [-0.05, 0) is 49.2 Å². The lowest BCUT2D eigenvalue weighted by atomic mass is 10.1. The van der Waals surface area contributed by atoms with E-state index in [0.717, 1.165) is 41.6 Å². The third-order valence-corrected chi connectivity index (χ3v) is 5.75. The highest BCUT2D eigenvalue weighted by molar-refractivity contribution is 6.04. The average molecular weight is 428 g/mol. The Bertz CT molecular complexity index is 1200. The topological polar surface area (TPSA) is 74.0 Å². The lowest BCUT2D eigenvalue weighted by molar-refractivity contribution is 0.102. The van der Waals surface area contributed by atoms with Crippen molar-refractivity contribution in [3.05, 3.63) is 84.3 Å². The van der Waals surface area contributed by atoms with Crippen LogP contribution < -0.4 is 10.1 Å². The van der Waals surface area contributed by atoms with Gasteiger partial charge in [-0.3, -0.25) is 4.79 Å². The summed E-state index contributed by atoms with van der Waals surface area (Å²) in [5.41, 5.74) is 3.36. The maximum absolute atomic E-state index is 12.6. The second-order valence-electron chi connectivity index (χ2n) is 7.99. The molecule has 32 heavy (non-hydrogen) atoms. The van der Waals surface area contributed by atoms with Crippen LogP contribution in [0, 0.1) is 0 Å². The highest BCUT2D eigenvalue weighted by Crippen LogP contribution is 2.24. The molecular weight excluding hydrogens is 402 g/mol. The summed E-state index contributed by atoms with van der Waals surface area (Å²) < 4.78 is 9.91. The van der Waals surface area contributed by atoms with Crippen molar-refractivity contribution in [1.82, 2.24) is 19.1 Å². The summed E-state index contributed by atoms with van der Waals surface area (Å²) in [4.78, 5) is 21.6. The predicted molar refractivity (Wildman–Crippen MR) is 123 cm³/mol. The van der Waals surface area contributed by atoms with Gasteiger partial charge in [0.2, 0.25) is 0 Å². The lowest BCUT2D eigenvalue weighted by Gasteiger charge is -2.11. The van der Waals surface area contributed by atoms with E-state index in [2.05, 4.69) is 21.1 Å². The van der Waals surface area contributed by atoms with Crippen molar-refractivity contribution in [3.8, 4) is 17.0 Å². The molecule has 1 amide bonds. The van der Waals surface area contributed by atoms with E-state index < -0.39 is 0 Å². The average Bonchev–Trinajstić information content (AvgIpc) is 3.44. The lowest BCUT2D eigenvalue weighted by Crippen LogP contribution is -2.11. The van der Waals surface area contributed by atoms with Gasteiger partial charge in [0, 0.05) is 55.4 Å².